The zero-order chi connectivity index (χ0) is 26.0. The van der Waals surface area contributed by atoms with E-state index in [-0.39, 0.29) is 22.0 Å². The Balaban J connectivity index is 1.83. The average molecular weight is 526 g/mol. The number of azo groups is 1. The summed E-state index contributed by atoms with van der Waals surface area (Å²) in [5.41, 5.74) is 0.474. The molecular weight excluding hydrogens is 506 g/mol. The number of methoxy groups -OCH3 is 1. The smallest absolute Gasteiger partial charge is 0.298 e. The number of amides is 1. The summed E-state index contributed by atoms with van der Waals surface area (Å²) in [5.74, 6) is -0.541. The fraction of sp³-hybridized carbons (Fsp3) is 0.0800. The van der Waals surface area contributed by atoms with Crippen molar-refractivity contribution in [1.82, 2.24) is 0 Å². The van der Waals surface area contributed by atoms with E-state index in [1.54, 1.807) is 55.5 Å². The summed E-state index contributed by atoms with van der Waals surface area (Å²) in [6.07, 6.45) is 0. The van der Waals surface area contributed by atoms with Crippen molar-refractivity contribution < 1.29 is 27.6 Å². The monoisotopic (exact) mass is 525 g/mol. The van der Waals surface area contributed by atoms with Gasteiger partial charge in [-0.3, -0.25) is 9.35 Å². The number of halogens is 1. The highest BCUT2D eigenvalue weighted by Gasteiger charge is 2.23. The van der Waals surface area contributed by atoms with E-state index in [4.69, 9.17) is 16.3 Å². The molecular formula is C25H20ClN3O6S. The van der Waals surface area contributed by atoms with E-state index in [0.717, 1.165) is 0 Å². The first-order chi connectivity index (χ1) is 17.1. The van der Waals surface area contributed by atoms with Crippen molar-refractivity contribution in [2.45, 2.75) is 11.8 Å². The number of nitrogens with one attached hydrogen (secondary N) is 1. The van der Waals surface area contributed by atoms with Crippen molar-refractivity contribution in [3.8, 4) is 11.5 Å². The number of benzene rings is 4. The molecule has 0 aromatic heterocycles. The summed E-state index contributed by atoms with van der Waals surface area (Å²) < 4.78 is 38.7. The maximum absolute atomic E-state index is 13.1. The number of anilines is 1. The third kappa shape index (κ3) is 5.01. The summed E-state index contributed by atoms with van der Waals surface area (Å²) in [4.78, 5) is 12.5. The van der Waals surface area contributed by atoms with Crippen LogP contribution < -0.4 is 10.1 Å². The van der Waals surface area contributed by atoms with Crippen LogP contribution in [0.15, 0.2) is 81.9 Å². The Hall–Kier alpha value is -3.99. The van der Waals surface area contributed by atoms with Crippen LogP contribution in [0.3, 0.4) is 0 Å². The second-order valence-electron chi connectivity index (χ2n) is 7.75. The predicted octanol–water partition coefficient (Wildman–Crippen LogP) is 6.43. The van der Waals surface area contributed by atoms with Crippen LogP contribution in [0.4, 0.5) is 17.1 Å². The maximum atomic E-state index is 13.1. The van der Waals surface area contributed by atoms with Gasteiger partial charge in [0.1, 0.15) is 22.0 Å². The molecule has 0 saturated heterocycles. The minimum atomic E-state index is -4.73. The van der Waals surface area contributed by atoms with E-state index in [2.05, 4.69) is 15.5 Å². The highest BCUT2D eigenvalue weighted by Crippen LogP contribution is 2.41. The molecule has 11 heteroatoms. The normalized spacial score (nSPS) is 11.7. The summed E-state index contributed by atoms with van der Waals surface area (Å²) in [6, 6.07) is 17.9. The number of hydrogen-bond donors (Lipinski definition) is 3. The molecule has 0 fully saturated rings. The molecule has 0 radical (unpaired) electrons. The molecule has 0 unspecified atom stereocenters. The third-order valence-electron chi connectivity index (χ3n) is 5.35. The minimum Gasteiger partial charge on any atom is -0.505 e. The van der Waals surface area contributed by atoms with Crippen molar-refractivity contribution in [2.24, 2.45) is 10.2 Å². The van der Waals surface area contributed by atoms with E-state index in [9.17, 15) is 22.9 Å². The van der Waals surface area contributed by atoms with Gasteiger partial charge in [0.25, 0.3) is 16.0 Å². The fourth-order valence-corrected chi connectivity index (χ4v) is 4.78. The number of hydrogen-bond acceptors (Lipinski definition) is 7. The lowest BCUT2D eigenvalue weighted by Crippen LogP contribution is -2.12. The topological polar surface area (TPSA) is 138 Å². The van der Waals surface area contributed by atoms with Gasteiger partial charge < -0.3 is 15.2 Å². The quantitative estimate of drug-likeness (QED) is 0.196. The Morgan fingerprint density at radius 1 is 1.03 bits per heavy atom. The number of aryl methyl sites for hydroxylation is 1. The van der Waals surface area contributed by atoms with Crippen molar-refractivity contribution in [3.63, 3.8) is 0 Å². The van der Waals surface area contributed by atoms with Gasteiger partial charge >= 0.3 is 0 Å². The molecule has 3 N–H and O–H groups in total. The van der Waals surface area contributed by atoms with Gasteiger partial charge in [0.2, 0.25) is 0 Å². The number of nitrogens with zero attached hydrogens (tertiary/aromatic N) is 2. The number of phenols is 1. The summed E-state index contributed by atoms with van der Waals surface area (Å²) >= 11 is 6.10. The van der Waals surface area contributed by atoms with E-state index in [0.29, 0.717) is 27.8 Å². The molecule has 0 saturated carbocycles. The summed E-state index contributed by atoms with van der Waals surface area (Å²) in [6.45, 7) is 1.57. The molecule has 9 nitrogen and oxygen atoms in total. The molecule has 0 aliphatic carbocycles. The van der Waals surface area contributed by atoms with Gasteiger partial charge in [-0.05, 0) is 42.1 Å². The molecule has 0 spiro atoms. The van der Waals surface area contributed by atoms with Crippen LogP contribution in [0.5, 0.6) is 11.5 Å². The Bertz CT molecular complexity index is 1640. The van der Waals surface area contributed by atoms with Crippen molar-refractivity contribution >= 4 is 55.5 Å². The number of aromatic hydroxyl groups is 1. The number of carbonyl (C=O) groups is 1. The second-order valence-corrected chi connectivity index (χ2v) is 9.48. The minimum absolute atomic E-state index is 0.0677. The molecule has 4 aromatic carbocycles. The number of ether oxygens (including phenoxy) is 1. The SMILES string of the molecule is COc1cccc(NC(=O)c2cc3ccccc3c(N=Nc3ccc(C)c(Cl)c3S(=O)(=O)O)c2O)c1. The van der Waals surface area contributed by atoms with E-state index in [1.807, 2.05) is 0 Å². The van der Waals surface area contributed by atoms with Gasteiger partial charge in [0.05, 0.1) is 17.7 Å². The maximum Gasteiger partial charge on any atom is 0.298 e. The molecule has 0 aliphatic heterocycles. The standard InChI is InChI=1S/C25H20ClN3O6S/c1-14-10-11-20(24(21(14)26)36(32,33)34)28-29-22-18-9-4-3-6-15(18)12-19(23(22)30)25(31)27-16-7-5-8-17(13-16)35-2/h3-13,30H,1-2H3,(H,27,31)(H,32,33,34). The van der Waals surface area contributed by atoms with Gasteiger partial charge in [-0.25, -0.2) is 0 Å². The Morgan fingerprint density at radius 3 is 2.50 bits per heavy atom. The first-order valence-electron chi connectivity index (χ1n) is 10.5. The van der Waals surface area contributed by atoms with Crippen molar-refractivity contribution in [3.05, 3.63) is 82.9 Å². The van der Waals surface area contributed by atoms with E-state index < -0.39 is 26.7 Å². The molecule has 0 aliphatic rings. The Morgan fingerprint density at radius 2 is 1.78 bits per heavy atom. The zero-order valence-electron chi connectivity index (χ0n) is 19.1. The predicted molar refractivity (Wildman–Crippen MR) is 137 cm³/mol. The van der Waals surface area contributed by atoms with Crippen LogP contribution in [-0.4, -0.2) is 31.1 Å². The molecule has 0 bridgehead atoms. The number of fused-ring (bicyclic) bond motifs is 1. The van der Waals surface area contributed by atoms with Crippen LogP contribution in [0, 0.1) is 6.92 Å². The molecule has 0 atom stereocenters. The highest BCUT2D eigenvalue weighted by molar-refractivity contribution is 7.86. The molecule has 36 heavy (non-hydrogen) atoms. The molecule has 4 rings (SSSR count). The third-order valence-corrected chi connectivity index (χ3v) is 6.88. The number of phenolic OH excluding ortho intramolecular Hbond substituents is 1. The zero-order valence-corrected chi connectivity index (χ0v) is 20.6. The van der Waals surface area contributed by atoms with Crippen LogP contribution in [0.25, 0.3) is 10.8 Å². The fourth-order valence-electron chi connectivity index (χ4n) is 3.56. The largest absolute Gasteiger partial charge is 0.505 e. The highest BCUT2D eigenvalue weighted by atomic mass is 35.5. The van der Waals surface area contributed by atoms with Crippen LogP contribution in [-0.2, 0) is 10.1 Å². The molecule has 1 amide bonds. The summed E-state index contributed by atoms with van der Waals surface area (Å²) in [5, 5.41) is 22.6. The molecule has 4 aromatic rings. The lowest BCUT2D eigenvalue weighted by molar-refractivity contribution is 0.102. The first kappa shape index (κ1) is 25.1. The van der Waals surface area contributed by atoms with E-state index in [1.165, 1.54) is 25.3 Å². The lowest BCUT2D eigenvalue weighted by atomic mass is 10.0. The summed E-state index contributed by atoms with van der Waals surface area (Å²) in [7, 11) is -3.23. The number of rotatable bonds is 6. The molecule has 0 heterocycles. The lowest BCUT2D eigenvalue weighted by Gasteiger charge is -2.12. The van der Waals surface area contributed by atoms with Crippen LogP contribution in [0.2, 0.25) is 5.02 Å². The molecule has 184 valence electrons. The Labute approximate surface area is 211 Å². The number of carbonyl (C=O) groups excluding carboxylic acids is 1. The van der Waals surface area contributed by atoms with Crippen molar-refractivity contribution in [1.29, 1.82) is 0 Å². The van der Waals surface area contributed by atoms with Gasteiger partial charge in [0.15, 0.2) is 5.75 Å². The van der Waals surface area contributed by atoms with E-state index >= 15 is 0 Å². The van der Waals surface area contributed by atoms with Crippen molar-refractivity contribution in [2.75, 3.05) is 12.4 Å². The van der Waals surface area contributed by atoms with Gasteiger partial charge in [-0.2, -0.15) is 8.42 Å². The van der Waals surface area contributed by atoms with Gasteiger partial charge in [-0.15, -0.1) is 10.2 Å². The second kappa shape index (κ2) is 9.94. The Kier molecular flexibility index (Phi) is 6.93. The average Bonchev–Trinajstić information content (AvgIpc) is 2.84. The first-order valence-corrected chi connectivity index (χ1v) is 12.3. The van der Waals surface area contributed by atoms with Crippen LogP contribution >= 0.6 is 11.6 Å². The van der Waals surface area contributed by atoms with Crippen LogP contribution in [0.1, 0.15) is 15.9 Å². The van der Waals surface area contributed by atoms with Gasteiger partial charge in [0, 0.05) is 17.1 Å². The van der Waals surface area contributed by atoms with Gasteiger partial charge in [-0.1, -0.05) is 48.0 Å².